The molecule has 0 unspecified atom stereocenters. The van der Waals surface area contributed by atoms with Crippen LogP contribution in [0.15, 0.2) is 36.8 Å². The van der Waals surface area contributed by atoms with Gasteiger partial charge in [0, 0.05) is 18.9 Å². The van der Waals surface area contributed by atoms with Crippen LogP contribution in [-0.4, -0.2) is 25.2 Å². The number of hydrogen-bond donors (Lipinski definition) is 1. The Morgan fingerprint density at radius 3 is 2.89 bits per heavy atom. The van der Waals surface area contributed by atoms with Crippen LogP contribution in [0.5, 0.6) is 0 Å². The molecule has 0 radical (unpaired) electrons. The number of hydrogen-bond acceptors (Lipinski definition) is 4. The van der Waals surface area contributed by atoms with E-state index in [1.54, 1.807) is 37.5 Å². The third-order valence-corrected chi connectivity index (χ3v) is 2.83. The third kappa shape index (κ3) is 1.46. The van der Waals surface area contributed by atoms with Crippen molar-refractivity contribution in [3.05, 3.63) is 42.5 Å². The molecule has 6 nitrogen and oxygen atoms in total. The number of nitrogen functional groups attached to an aromatic ring is 1. The summed E-state index contributed by atoms with van der Waals surface area (Å²) in [5.74, 6) is -0.165. The summed E-state index contributed by atoms with van der Waals surface area (Å²) in [4.78, 5) is 16.5. The Kier molecular flexibility index (Phi) is 2.16. The molecule has 0 saturated carbocycles. The molecule has 0 atom stereocenters. The highest BCUT2D eigenvalue weighted by atomic mass is 16.2. The van der Waals surface area contributed by atoms with Crippen molar-refractivity contribution < 1.29 is 4.79 Å². The molecule has 2 aromatic heterocycles. The molecule has 0 fully saturated rings. The Morgan fingerprint density at radius 2 is 2.17 bits per heavy atom. The van der Waals surface area contributed by atoms with E-state index >= 15 is 0 Å². The molecule has 0 aliphatic carbocycles. The zero-order valence-corrected chi connectivity index (χ0v) is 9.74. The van der Waals surface area contributed by atoms with Crippen molar-refractivity contribution in [3.8, 4) is 0 Å². The minimum atomic E-state index is -0.165. The number of anilines is 1. The maximum absolute atomic E-state index is 12.3. The molecule has 6 heteroatoms. The number of rotatable bonds is 1. The molecule has 0 aliphatic heterocycles. The highest BCUT2D eigenvalue weighted by molar-refractivity contribution is 6.00. The number of aryl methyl sites for hydroxylation is 1. The number of nitrogens with zero attached hydrogens (tertiary/aromatic N) is 4. The van der Waals surface area contributed by atoms with Gasteiger partial charge < -0.3 is 5.73 Å². The van der Waals surface area contributed by atoms with Gasteiger partial charge in [-0.2, -0.15) is 5.10 Å². The van der Waals surface area contributed by atoms with Crippen LogP contribution >= 0.6 is 0 Å². The first-order valence-electron chi connectivity index (χ1n) is 5.42. The third-order valence-electron chi connectivity index (χ3n) is 2.83. The van der Waals surface area contributed by atoms with Gasteiger partial charge in [-0.1, -0.05) is 0 Å². The largest absolute Gasteiger partial charge is 0.399 e. The molecular weight excluding hydrogens is 230 g/mol. The Labute approximate surface area is 103 Å². The van der Waals surface area contributed by atoms with Crippen molar-refractivity contribution in [1.82, 2.24) is 19.3 Å². The van der Waals surface area contributed by atoms with Crippen LogP contribution in [0.2, 0.25) is 0 Å². The molecule has 3 aromatic rings. The molecular formula is C12H11N5O. The van der Waals surface area contributed by atoms with E-state index in [4.69, 9.17) is 5.73 Å². The topological polar surface area (TPSA) is 78.7 Å². The fourth-order valence-electron chi connectivity index (χ4n) is 1.90. The summed E-state index contributed by atoms with van der Waals surface area (Å²) in [5, 5.41) is 3.98. The standard InChI is InChI=1S/C12H11N5O/c1-16-11(4-5-15-16)12(18)17-7-14-9-6-8(13)2-3-10(9)17/h2-7H,13H2,1H3. The fourth-order valence-corrected chi connectivity index (χ4v) is 1.90. The number of aromatic nitrogens is 4. The predicted octanol–water partition coefficient (Wildman–Crippen LogP) is 1.04. The van der Waals surface area contributed by atoms with Crippen LogP contribution in [0.4, 0.5) is 5.69 Å². The Hall–Kier alpha value is -2.63. The number of fused-ring (bicyclic) bond motifs is 1. The summed E-state index contributed by atoms with van der Waals surface area (Å²) in [6.07, 6.45) is 3.09. The van der Waals surface area contributed by atoms with Crippen LogP contribution in [0.25, 0.3) is 11.0 Å². The van der Waals surface area contributed by atoms with Crippen LogP contribution in [0.3, 0.4) is 0 Å². The van der Waals surface area contributed by atoms with E-state index in [1.807, 2.05) is 0 Å². The molecule has 0 aliphatic rings. The molecule has 0 saturated heterocycles. The highest BCUT2D eigenvalue weighted by Crippen LogP contribution is 2.17. The number of nitrogens with two attached hydrogens (primary N) is 1. The molecule has 0 bridgehead atoms. The van der Waals surface area contributed by atoms with Gasteiger partial charge >= 0.3 is 0 Å². The lowest BCUT2D eigenvalue weighted by Crippen LogP contribution is -2.15. The lowest BCUT2D eigenvalue weighted by molar-refractivity contribution is 0.0955. The summed E-state index contributed by atoms with van der Waals surface area (Å²) in [6, 6.07) is 6.94. The minimum absolute atomic E-state index is 0.165. The first-order chi connectivity index (χ1) is 8.66. The number of carbonyl (C=O) groups excluding carboxylic acids is 1. The summed E-state index contributed by atoms with van der Waals surface area (Å²) < 4.78 is 3.03. The van der Waals surface area contributed by atoms with Gasteiger partial charge in [-0.25, -0.2) is 4.98 Å². The maximum atomic E-state index is 12.3. The quantitative estimate of drug-likeness (QED) is 0.646. The first-order valence-corrected chi connectivity index (χ1v) is 5.42. The Morgan fingerprint density at radius 1 is 1.33 bits per heavy atom. The summed E-state index contributed by atoms with van der Waals surface area (Å²) in [6.45, 7) is 0. The van der Waals surface area contributed by atoms with Crippen LogP contribution in [0, 0.1) is 0 Å². The lowest BCUT2D eigenvalue weighted by Gasteiger charge is -2.03. The van der Waals surface area contributed by atoms with Crippen LogP contribution in [0.1, 0.15) is 10.5 Å². The Bertz CT molecular complexity index is 740. The lowest BCUT2D eigenvalue weighted by atomic mass is 10.2. The van der Waals surface area contributed by atoms with Gasteiger partial charge in [0.25, 0.3) is 5.91 Å². The maximum Gasteiger partial charge on any atom is 0.281 e. The monoisotopic (exact) mass is 241 g/mol. The second kappa shape index (κ2) is 3.69. The van der Waals surface area contributed by atoms with Gasteiger partial charge in [0.2, 0.25) is 0 Å². The molecule has 18 heavy (non-hydrogen) atoms. The molecule has 2 N–H and O–H groups in total. The zero-order valence-electron chi connectivity index (χ0n) is 9.74. The van der Waals surface area contributed by atoms with Gasteiger partial charge in [-0.05, 0) is 24.3 Å². The van der Waals surface area contributed by atoms with Crippen molar-refractivity contribution in [3.63, 3.8) is 0 Å². The predicted molar refractivity (Wildman–Crippen MR) is 67.1 cm³/mol. The molecule has 0 amide bonds. The number of benzene rings is 1. The summed E-state index contributed by atoms with van der Waals surface area (Å²) in [5.41, 5.74) is 8.24. The average molecular weight is 241 g/mol. The van der Waals surface area contributed by atoms with E-state index in [9.17, 15) is 4.79 Å². The fraction of sp³-hybridized carbons (Fsp3) is 0.0833. The van der Waals surface area contributed by atoms with Gasteiger partial charge in [0.05, 0.1) is 11.0 Å². The van der Waals surface area contributed by atoms with E-state index in [1.165, 1.54) is 15.6 Å². The minimum Gasteiger partial charge on any atom is -0.399 e. The van der Waals surface area contributed by atoms with Crippen molar-refractivity contribution >= 4 is 22.6 Å². The SMILES string of the molecule is Cn1nccc1C(=O)n1cnc2cc(N)ccc21. The molecule has 0 spiro atoms. The Balaban J connectivity index is 2.16. The summed E-state index contributed by atoms with van der Waals surface area (Å²) >= 11 is 0. The van der Waals surface area contributed by atoms with E-state index < -0.39 is 0 Å². The van der Waals surface area contributed by atoms with Gasteiger partial charge in [-0.15, -0.1) is 0 Å². The zero-order chi connectivity index (χ0) is 12.7. The van der Waals surface area contributed by atoms with E-state index in [0.29, 0.717) is 16.9 Å². The van der Waals surface area contributed by atoms with E-state index in [0.717, 1.165) is 5.52 Å². The smallest absolute Gasteiger partial charge is 0.281 e. The van der Waals surface area contributed by atoms with Crippen molar-refractivity contribution in [2.24, 2.45) is 7.05 Å². The van der Waals surface area contributed by atoms with Gasteiger partial charge in [0.15, 0.2) is 0 Å². The average Bonchev–Trinajstić information content (AvgIpc) is 2.94. The van der Waals surface area contributed by atoms with Crippen molar-refractivity contribution in [2.75, 3.05) is 5.73 Å². The number of imidazole rings is 1. The van der Waals surface area contributed by atoms with Crippen LogP contribution in [-0.2, 0) is 7.05 Å². The number of carbonyl (C=O) groups is 1. The second-order valence-electron chi connectivity index (χ2n) is 4.01. The molecule has 1 aromatic carbocycles. The normalized spacial score (nSPS) is 10.9. The first kappa shape index (κ1) is 10.5. The highest BCUT2D eigenvalue weighted by Gasteiger charge is 2.15. The molecule has 2 heterocycles. The van der Waals surface area contributed by atoms with Gasteiger partial charge in [-0.3, -0.25) is 14.0 Å². The van der Waals surface area contributed by atoms with Crippen LogP contribution < -0.4 is 5.73 Å². The van der Waals surface area contributed by atoms with E-state index in [2.05, 4.69) is 10.1 Å². The summed E-state index contributed by atoms with van der Waals surface area (Å²) in [7, 11) is 1.73. The second-order valence-corrected chi connectivity index (χ2v) is 4.01. The van der Waals surface area contributed by atoms with Crippen molar-refractivity contribution in [1.29, 1.82) is 0 Å². The molecule has 3 rings (SSSR count). The van der Waals surface area contributed by atoms with Crippen molar-refractivity contribution in [2.45, 2.75) is 0 Å². The van der Waals surface area contributed by atoms with Gasteiger partial charge in [0.1, 0.15) is 12.0 Å². The van der Waals surface area contributed by atoms with E-state index in [-0.39, 0.29) is 5.91 Å². The molecule has 90 valence electrons.